The Labute approximate surface area is 118 Å². The van der Waals surface area contributed by atoms with Gasteiger partial charge in [0.05, 0.1) is 6.54 Å². The van der Waals surface area contributed by atoms with E-state index >= 15 is 0 Å². The highest BCUT2D eigenvalue weighted by molar-refractivity contribution is 5.78. The van der Waals surface area contributed by atoms with E-state index in [2.05, 4.69) is 44.8 Å². The summed E-state index contributed by atoms with van der Waals surface area (Å²) in [4.78, 5) is 16.9. The first-order chi connectivity index (χ1) is 8.97. The van der Waals surface area contributed by atoms with Crippen molar-refractivity contribution in [1.29, 1.82) is 0 Å². The average molecular weight is 269 g/mol. The van der Waals surface area contributed by atoms with Crippen LogP contribution in [0.3, 0.4) is 0 Å². The van der Waals surface area contributed by atoms with Crippen molar-refractivity contribution < 1.29 is 4.79 Å². The summed E-state index contributed by atoms with van der Waals surface area (Å²) in [6.45, 7) is 14.3. The lowest BCUT2D eigenvalue weighted by molar-refractivity contribution is -0.136. The third-order valence-electron chi connectivity index (χ3n) is 3.80. The van der Waals surface area contributed by atoms with Gasteiger partial charge in [-0.25, -0.2) is 0 Å². The molecule has 1 rings (SSSR count). The van der Waals surface area contributed by atoms with Crippen LogP contribution in [0.25, 0.3) is 0 Å². The molecule has 0 bridgehead atoms. The highest BCUT2D eigenvalue weighted by Crippen LogP contribution is 2.12. The topological polar surface area (TPSA) is 35.6 Å². The first-order valence-corrected chi connectivity index (χ1v) is 7.73. The van der Waals surface area contributed by atoms with Gasteiger partial charge in [-0.3, -0.25) is 9.69 Å². The fourth-order valence-electron chi connectivity index (χ4n) is 3.06. The molecule has 1 fully saturated rings. The molecule has 0 aromatic heterocycles. The summed E-state index contributed by atoms with van der Waals surface area (Å²) >= 11 is 0. The Morgan fingerprint density at radius 2 is 1.89 bits per heavy atom. The zero-order valence-corrected chi connectivity index (χ0v) is 13.3. The van der Waals surface area contributed by atoms with E-state index in [4.69, 9.17) is 0 Å². The lowest BCUT2D eigenvalue weighted by Crippen LogP contribution is -2.49. The van der Waals surface area contributed by atoms with Crippen LogP contribution in [0.1, 0.15) is 47.5 Å². The molecule has 0 aromatic carbocycles. The minimum atomic E-state index is 0.269. The Kier molecular flexibility index (Phi) is 6.80. The molecule has 4 nitrogen and oxygen atoms in total. The zero-order chi connectivity index (χ0) is 14.4. The van der Waals surface area contributed by atoms with E-state index in [-0.39, 0.29) is 18.0 Å². The van der Waals surface area contributed by atoms with Gasteiger partial charge in [-0.2, -0.15) is 0 Å². The maximum atomic E-state index is 12.5. The number of hydrogen-bond donors (Lipinski definition) is 1. The van der Waals surface area contributed by atoms with Crippen molar-refractivity contribution >= 4 is 5.91 Å². The molecule has 4 heteroatoms. The number of rotatable bonds is 7. The second-order valence-electron chi connectivity index (χ2n) is 6.11. The van der Waals surface area contributed by atoms with Gasteiger partial charge in [0.2, 0.25) is 5.91 Å². The van der Waals surface area contributed by atoms with Crippen LogP contribution in [0.15, 0.2) is 0 Å². The van der Waals surface area contributed by atoms with E-state index in [1.165, 1.54) is 0 Å². The largest absolute Gasteiger partial charge is 0.337 e. The summed E-state index contributed by atoms with van der Waals surface area (Å²) in [6, 6.07) is 1.08. The van der Waals surface area contributed by atoms with Gasteiger partial charge in [0.15, 0.2) is 0 Å². The summed E-state index contributed by atoms with van der Waals surface area (Å²) < 4.78 is 0. The first kappa shape index (κ1) is 16.4. The fourth-order valence-corrected chi connectivity index (χ4v) is 3.06. The quantitative estimate of drug-likeness (QED) is 0.764. The molecule has 1 saturated heterocycles. The van der Waals surface area contributed by atoms with E-state index in [0.29, 0.717) is 12.6 Å². The molecular weight excluding hydrogens is 238 g/mol. The SMILES string of the molecule is CCCN(CC(=O)N(C(C)C)C(C)C)C1CCNC1. The molecule has 1 aliphatic heterocycles. The Hall–Kier alpha value is -0.610. The molecule has 1 amide bonds. The lowest BCUT2D eigenvalue weighted by Gasteiger charge is -2.35. The Bertz CT molecular complexity index is 265. The normalized spacial score (nSPS) is 19.7. The summed E-state index contributed by atoms with van der Waals surface area (Å²) in [7, 11) is 0. The van der Waals surface area contributed by atoms with Gasteiger partial charge < -0.3 is 10.2 Å². The molecule has 0 aliphatic carbocycles. The fraction of sp³-hybridized carbons (Fsp3) is 0.933. The number of nitrogens with zero attached hydrogens (tertiary/aromatic N) is 2. The van der Waals surface area contributed by atoms with Gasteiger partial charge in [-0.1, -0.05) is 6.92 Å². The molecule has 19 heavy (non-hydrogen) atoms. The number of nitrogens with one attached hydrogen (secondary N) is 1. The van der Waals surface area contributed by atoms with Gasteiger partial charge in [0.1, 0.15) is 0 Å². The van der Waals surface area contributed by atoms with Gasteiger partial charge in [-0.05, 0) is 53.6 Å². The standard InChI is InChI=1S/C15H31N3O/c1-6-9-17(14-7-8-16-10-14)11-15(19)18(12(2)3)13(4)5/h12-14,16H,6-11H2,1-5H3. The summed E-state index contributed by atoms with van der Waals surface area (Å²) in [5.74, 6) is 0.269. The monoisotopic (exact) mass is 269 g/mol. The molecular formula is C15H31N3O. The highest BCUT2D eigenvalue weighted by atomic mass is 16.2. The smallest absolute Gasteiger partial charge is 0.237 e. The lowest BCUT2D eigenvalue weighted by atomic mass is 10.2. The predicted octanol–water partition coefficient (Wildman–Crippen LogP) is 1.71. The van der Waals surface area contributed by atoms with Crippen LogP contribution < -0.4 is 5.32 Å². The number of carbonyl (C=O) groups is 1. The van der Waals surface area contributed by atoms with Crippen LogP contribution in [0.2, 0.25) is 0 Å². The molecule has 0 saturated carbocycles. The second kappa shape index (κ2) is 7.85. The van der Waals surface area contributed by atoms with Crippen molar-refractivity contribution in [2.45, 2.75) is 65.6 Å². The van der Waals surface area contributed by atoms with Gasteiger partial charge >= 0.3 is 0 Å². The second-order valence-corrected chi connectivity index (χ2v) is 6.11. The molecule has 1 N–H and O–H groups in total. The number of carbonyl (C=O) groups excluding carboxylic acids is 1. The van der Waals surface area contributed by atoms with Crippen LogP contribution in [-0.4, -0.2) is 60.0 Å². The average Bonchev–Trinajstić information content (AvgIpc) is 2.80. The zero-order valence-electron chi connectivity index (χ0n) is 13.3. The van der Waals surface area contributed by atoms with Gasteiger partial charge in [0.25, 0.3) is 0 Å². The van der Waals surface area contributed by atoms with Gasteiger partial charge in [0, 0.05) is 24.7 Å². The van der Waals surface area contributed by atoms with Crippen molar-refractivity contribution in [3.63, 3.8) is 0 Å². The van der Waals surface area contributed by atoms with Crippen molar-refractivity contribution in [2.75, 3.05) is 26.2 Å². The molecule has 0 spiro atoms. The van der Waals surface area contributed by atoms with E-state index in [0.717, 1.165) is 32.5 Å². The van der Waals surface area contributed by atoms with Crippen LogP contribution >= 0.6 is 0 Å². The Balaban J connectivity index is 2.63. The third kappa shape index (κ3) is 4.77. The molecule has 0 aromatic rings. The number of amides is 1. The van der Waals surface area contributed by atoms with E-state index < -0.39 is 0 Å². The van der Waals surface area contributed by atoms with Crippen molar-refractivity contribution in [3.8, 4) is 0 Å². The van der Waals surface area contributed by atoms with Crippen molar-refractivity contribution in [1.82, 2.24) is 15.1 Å². The summed E-state index contributed by atoms with van der Waals surface area (Å²) in [6.07, 6.45) is 2.27. The number of hydrogen-bond acceptors (Lipinski definition) is 3. The third-order valence-corrected chi connectivity index (χ3v) is 3.80. The highest BCUT2D eigenvalue weighted by Gasteiger charge is 2.27. The van der Waals surface area contributed by atoms with E-state index in [1.54, 1.807) is 0 Å². The predicted molar refractivity (Wildman–Crippen MR) is 80.3 cm³/mol. The maximum Gasteiger partial charge on any atom is 0.237 e. The Morgan fingerprint density at radius 3 is 2.32 bits per heavy atom. The first-order valence-electron chi connectivity index (χ1n) is 7.73. The molecule has 1 heterocycles. The summed E-state index contributed by atoms with van der Waals surface area (Å²) in [5.41, 5.74) is 0. The molecule has 1 unspecified atom stereocenters. The van der Waals surface area contributed by atoms with E-state index in [1.807, 2.05) is 4.90 Å². The van der Waals surface area contributed by atoms with Crippen LogP contribution in [-0.2, 0) is 4.79 Å². The van der Waals surface area contributed by atoms with E-state index in [9.17, 15) is 4.79 Å². The van der Waals surface area contributed by atoms with Crippen LogP contribution in [0.4, 0.5) is 0 Å². The Morgan fingerprint density at radius 1 is 1.26 bits per heavy atom. The minimum absolute atomic E-state index is 0.269. The molecule has 112 valence electrons. The molecule has 1 aliphatic rings. The van der Waals surface area contributed by atoms with Gasteiger partial charge in [-0.15, -0.1) is 0 Å². The molecule has 1 atom stereocenters. The van der Waals surface area contributed by atoms with Crippen molar-refractivity contribution in [2.24, 2.45) is 0 Å². The maximum absolute atomic E-state index is 12.5. The van der Waals surface area contributed by atoms with Crippen molar-refractivity contribution in [3.05, 3.63) is 0 Å². The minimum Gasteiger partial charge on any atom is -0.337 e. The molecule has 0 radical (unpaired) electrons. The summed E-state index contributed by atoms with van der Waals surface area (Å²) in [5, 5.41) is 3.39. The van der Waals surface area contributed by atoms with Crippen LogP contribution in [0.5, 0.6) is 0 Å². The van der Waals surface area contributed by atoms with Crippen LogP contribution in [0, 0.1) is 0 Å².